The number of anilines is 1. The summed E-state index contributed by atoms with van der Waals surface area (Å²) in [4.78, 5) is 28.8. The van der Waals surface area contributed by atoms with Gasteiger partial charge in [-0.1, -0.05) is 5.11 Å². The maximum atomic E-state index is 11.9. The molecule has 2 rings (SSSR count). The molecule has 1 aromatic carbocycles. The number of hydrogen-bond acceptors (Lipinski definition) is 6. The van der Waals surface area contributed by atoms with Crippen LogP contribution < -0.4 is 5.32 Å². The quantitative estimate of drug-likeness (QED) is 0.189. The molecule has 1 aliphatic carbocycles. The van der Waals surface area contributed by atoms with Crippen molar-refractivity contribution in [3.05, 3.63) is 63.1 Å². The number of amides is 1. The molecule has 0 spiro atoms. The topological polar surface area (TPSA) is 154 Å². The van der Waals surface area contributed by atoms with Gasteiger partial charge in [0.25, 0.3) is 0 Å². The fourth-order valence-corrected chi connectivity index (χ4v) is 2.69. The van der Waals surface area contributed by atoms with Crippen LogP contribution in [0.5, 0.6) is 0 Å². The number of aliphatic imine (C=N–C) groups is 1. The van der Waals surface area contributed by atoms with Crippen LogP contribution in [0.3, 0.4) is 0 Å². The third-order valence-electron chi connectivity index (χ3n) is 3.06. The summed E-state index contributed by atoms with van der Waals surface area (Å²) in [5.74, 6) is -0.510. The Bertz CT molecular complexity index is 865. The normalized spacial score (nSPS) is 13.0. The molecule has 0 heterocycles. The fourth-order valence-electron chi connectivity index (χ4n) is 1.92. The number of nitro groups is 1. The van der Waals surface area contributed by atoms with Crippen LogP contribution in [0.4, 0.5) is 17.1 Å². The first kappa shape index (κ1) is 18.3. The van der Waals surface area contributed by atoms with Crippen molar-refractivity contribution in [1.82, 2.24) is 0 Å². The van der Waals surface area contributed by atoms with Crippen LogP contribution in [0.15, 0.2) is 52.6 Å². The van der Waals surface area contributed by atoms with Crippen molar-refractivity contribution in [2.45, 2.75) is 0 Å². The van der Waals surface area contributed by atoms with Gasteiger partial charge in [-0.15, -0.1) is 0 Å². The van der Waals surface area contributed by atoms with E-state index in [1.165, 1.54) is 12.1 Å². The number of nitrogens with zero attached hydrogens (tertiary/aromatic N) is 5. The Balaban J connectivity index is 2.08. The van der Waals surface area contributed by atoms with Crippen LogP contribution in [0.2, 0.25) is 0 Å². The van der Waals surface area contributed by atoms with Gasteiger partial charge in [0.05, 0.1) is 0 Å². The second-order valence-electron chi connectivity index (χ2n) is 4.73. The van der Waals surface area contributed by atoms with E-state index in [0.717, 1.165) is 10.4 Å². The van der Waals surface area contributed by atoms with Crippen LogP contribution in [0.25, 0.3) is 10.4 Å². The third kappa shape index (κ3) is 5.22. The van der Waals surface area contributed by atoms with Crippen molar-refractivity contribution in [3.8, 4) is 0 Å². The minimum atomic E-state index is -1.39. The van der Waals surface area contributed by atoms with Crippen LogP contribution in [0.1, 0.15) is 0 Å². The first-order chi connectivity index (χ1) is 12.0. The Kier molecular flexibility index (Phi) is 6.36. The van der Waals surface area contributed by atoms with Crippen molar-refractivity contribution in [2.75, 3.05) is 11.9 Å². The van der Waals surface area contributed by atoms with Gasteiger partial charge in [-0.3, -0.25) is 0 Å². The molecular weight excluding hydrogens is 391 g/mol. The van der Waals surface area contributed by atoms with Gasteiger partial charge < -0.3 is 0 Å². The SMILES string of the molecule is [N-]=[N+]=Nc1ccc(NCC(=O)N=C2C=CC(=[AsH2]O)C=C2)c([N+](=O)[O-])c1. The Hall–Kier alpha value is -3.06. The Morgan fingerprint density at radius 3 is 2.68 bits per heavy atom. The number of carbonyl (C=O) groups excluding carboxylic acids is 1. The van der Waals surface area contributed by atoms with E-state index in [-0.39, 0.29) is 23.6 Å². The standard InChI is InChI=1S/C14H13AsN6O4/c16-20-19-11-5-6-12(13(7-11)21(24)25)17-8-14(22)18-10-3-1-9(15-23)2-4-10/h1-7,17,23H,8,15H2. The molecule has 11 heteroatoms. The van der Waals surface area contributed by atoms with Gasteiger partial charge in [0.2, 0.25) is 0 Å². The summed E-state index contributed by atoms with van der Waals surface area (Å²) < 4.78 is 9.96. The van der Waals surface area contributed by atoms with E-state index in [2.05, 4.69) is 20.3 Å². The Morgan fingerprint density at radius 1 is 1.36 bits per heavy atom. The molecule has 0 radical (unpaired) electrons. The second-order valence-corrected chi connectivity index (χ2v) is 6.67. The van der Waals surface area contributed by atoms with E-state index in [1.54, 1.807) is 24.3 Å². The minimum absolute atomic E-state index is 0.101. The summed E-state index contributed by atoms with van der Waals surface area (Å²) in [6.07, 6.45) is 6.66. The number of nitrogens with one attached hydrogen (secondary N) is 1. The summed E-state index contributed by atoms with van der Waals surface area (Å²) in [5, 5.41) is 17.0. The average Bonchev–Trinajstić information content (AvgIpc) is 2.61. The Labute approximate surface area is 147 Å². The molecule has 0 aliphatic heterocycles. The number of hydrogen-bond donors (Lipinski definition) is 2. The molecule has 1 amide bonds. The van der Waals surface area contributed by atoms with Gasteiger partial charge >= 0.3 is 132 Å². The fraction of sp³-hybridized carbons (Fsp3) is 0.0714. The number of benzene rings is 1. The summed E-state index contributed by atoms with van der Waals surface area (Å²) >= 11 is -1.39. The molecule has 0 bridgehead atoms. The van der Waals surface area contributed by atoms with Gasteiger partial charge in [0.15, 0.2) is 0 Å². The number of carbonyl (C=O) groups is 1. The molecule has 0 saturated carbocycles. The number of rotatable bonds is 5. The van der Waals surface area contributed by atoms with E-state index in [4.69, 9.17) is 9.63 Å². The first-order valence-corrected chi connectivity index (χ1v) is 9.22. The number of nitro benzene ring substituents is 1. The van der Waals surface area contributed by atoms with Crippen molar-refractivity contribution in [1.29, 1.82) is 0 Å². The van der Waals surface area contributed by atoms with Gasteiger partial charge in [0.1, 0.15) is 0 Å². The van der Waals surface area contributed by atoms with E-state index < -0.39 is 26.5 Å². The zero-order valence-corrected chi connectivity index (χ0v) is 15.2. The predicted molar refractivity (Wildman–Crippen MR) is 96.9 cm³/mol. The summed E-state index contributed by atoms with van der Waals surface area (Å²) in [5.41, 5.74) is 8.72. The zero-order valence-electron chi connectivity index (χ0n) is 12.7. The van der Waals surface area contributed by atoms with Crippen molar-refractivity contribution >= 4 is 48.6 Å². The van der Waals surface area contributed by atoms with Gasteiger partial charge in [-0.05, 0) is 5.53 Å². The molecule has 2 N–H and O–H groups in total. The molecule has 1 aliphatic rings. The van der Waals surface area contributed by atoms with Crippen LogP contribution in [0, 0.1) is 10.1 Å². The molecule has 0 fully saturated rings. The van der Waals surface area contributed by atoms with Crippen LogP contribution in [-0.4, -0.2) is 47.1 Å². The van der Waals surface area contributed by atoms with E-state index >= 15 is 0 Å². The van der Waals surface area contributed by atoms with Gasteiger partial charge in [-0.25, -0.2) is 0 Å². The number of allylic oxidation sites excluding steroid dienone is 4. The monoisotopic (exact) mass is 404 g/mol. The summed E-state index contributed by atoms with van der Waals surface area (Å²) in [7, 11) is 0. The molecule has 0 aromatic heterocycles. The maximum absolute atomic E-state index is 11.9. The molecular formula is C14H13AsN6O4. The third-order valence-corrected chi connectivity index (χ3v) is 4.50. The van der Waals surface area contributed by atoms with Gasteiger partial charge in [-0.2, -0.15) is 0 Å². The van der Waals surface area contributed by atoms with E-state index in [9.17, 15) is 14.9 Å². The van der Waals surface area contributed by atoms with Gasteiger partial charge in [0, 0.05) is 4.91 Å². The summed E-state index contributed by atoms with van der Waals surface area (Å²) in [6, 6.07) is 3.87. The van der Waals surface area contributed by atoms with E-state index in [0.29, 0.717) is 5.71 Å². The average molecular weight is 404 g/mol. The van der Waals surface area contributed by atoms with Crippen LogP contribution >= 0.6 is 0 Å². The molecule has 10 nitrogen and oxygen atoms in total. The second kappa shape index (κ2) is 8.70. The molecule has 128 valence electrons. The molecule has 1 unspecified atom stereocenters. The van der Waals surface area contributed by atoms with Crippen molar-refractivity contribution < 1.29 is 13.8 Å². The molecule has 25 heavy (non-hydrogen) atoms. The van der Waals surface area contributed by atoms with E-state index in [1.807, 2.05) is 0 Å². The zero-order chi connectivity index (χ0) is 18.2. The van der Waals surface area contributed by atoms with Crippen molar-refractivity contribution in [3.63, 3.8) is 0 Å². The first-order valence-electron chi connectivity index (χ1n) is 6.93. The molecule has 1 aromatic rings. The molecule has 0 saturated heterocycles. The predicted octanol–water partition coefficient (Wildman–Crippen LogP) is 1.29. The Morgan fingerprint density at radius 2 is 2.08 bits per heavy atom. The van der Waals surface area contributed by atoms with Crippen LogP contribution in [-0.2, 0) is 4.79 Å². The molecule has 1 atom stereocenters. The summed E-state index contributed by atoms with van der Waals surface area (Å²) in [6.45, 7) is -0.237. The number of azide groups is 1. The van der Waals surface area contributed by atoms with Crippen molar-refractivity contribution in [2.24, 2.45) is 10.1 Å².